The molecule has 2 atom stereocenters. The molecule has 20 heavy (non-hydrogen) atoms. The number of halogens is 1. The van der Waals surface area contributed by atoms with Gasteiger partial charge >= 0.3 is 0 Å². The summed E-state index contributed by atoms with van der Waals surface area (Å²) in [5.41, 5.74) is 2.23. The number of nitrogens with one attached hydrogen (secondary N) is 1. The molecule has 1 aromatic carbocycles. The van der Waals surface area contributed by atoms with Crippen LogP contribution in [0, 0.1) is 12.7 Å². The Morgan fingerprint density at radius 2 is 2.25 bits per heavy atom. The summed E-state index contributed by atoms with van der Waals surface area (Å²) in [5, 5.41) is 3.59. The van der Waals surface area contributed by atoms with E-state index in [0.29, 0.717) is 6.10 Å². The van der Waals surface area contributed by atoms with Gasteiger partial charge in [0.2, 0.25) is 0 Å². The molecule has 112 valence electrons. The van der Waals surface area contributed by atoms with Crippen LogP contribution in [0.4, 0.5) is 4.39 Å². The van der Waals surface area contributed by atoms with Gasteiger partial charge in [-0.3, -0.25) is 0 Å². The first-order chi connectivity index (χ1) is 9.70. The van der Waals surface area contributed by atoms with Gasteiger partial charge in [-0.15, -0.1) is 0 Å². The van der Waals surface area contributed by atoms with Crippen molar-refractivity contribution in [2.24, 2.45) is 0 Å². The van der Waals surface area contributed by atoms with Crippen LogP contribution in [0.5, 0.6) is 0 Å². The van der Waals surface area contributed by atoms with Crippen LogP contribution < -0.4 is 5.32 Å². The van der Waals surface area contributed by atoms with E-state index in [0.717, 1.165) is 38.0 Å². The summed E-state index contributed by atoms with van der Waals surface area (Å²) < 4.78 is 19.1. The van der Waals surface area contributed by atoms with Crippen LogP contribution in [0.15, 0.2) is 18.2 Å². The molecule has 0 aromatic heterocycles. The van der Waals surface area contributed by atoms with E-state index in [1.165, 1.54) is 18.4 Å². The molecule has 2 unspecified atom stereocenters. The Labute approximate surface area is 121 Å². The van der Waals surface area contributed by atoms with Gasteiger partial charge in [-0.05, 0) is 68.8 Å². The molecule has 1 aromatic rings. The van der Waals surface area contributed by atoms with E-state index >= 15 is 0 Å². The number of benzene rings is 1. The number of hydrogen-bond donors (Lipinski definition) is 1. The fraction of sp³-hybridized carbons (Fsp3) is 0.647. The fourth-order valence-electron chi connectivity index (χ4n) is 2.93. The van der Waals surface area contributed by atoms with Crippen LogP contribution in [-0.2, 0) is 4.74 Å². The van der Waals surface area contributed by atoms with Gasteiger partial charge < -0.3 is 10.1 Å². The van der Waals surface area contributed by atoms with Crippen molar-refractivity contribution < 1.29 is 9.13 Å². The normalized spacial score (nSPS) is 20.9. The predicted molar refractivity (Wildman–Crippen MR) is 80.4 cm³/mol. The smallest absolute Gasteiger partial charge is 0.123 e. The van der Waals surface area contributed by atoms with Crippen molar-refractivity contribution in [1.29, 1.82) is 0 Å². The van der Waals surface area contributed by atoms with Crippen molar-refractivity contribution in [3.05, 3.63) is 35.1 Å². The van der Waals surface area contributed by atoms with Crippen LogP contribution >= 0.6 is 0 Å². The molecule has 1 saturated heterocycles. The molecule has 0 radical (unpaired) electrons. The third kappa shape index (κ3) is 4.29. The SMILES string of the molecule is CCCNC(CC1CCCCO1)c1ccc(F)cc1C. The zero-order chi connectivity index (χ0) is 14.4. The minimum absolute atomic E-state index is 0.158. The highest BCUT2D eigenvalue weighted by atomic mass is 19.1. The van der Waals surface area contributed by atoms with E-state index in [2.05, 4.69) is 12.2 Å². The molecule has 1 aliphatic heterocycles. The first-order valence-corrected chi connectivity index (χ1v) is 7.81. The monoisotopic (exact) mass is 279 g/mol. The van der Waals surface area contributed by atoms with E-state index in [9.17, 15) is 4.39 Å². The van der Waals surface area contributed by atoms with E-state index in [1.807, 2.05) is 13.0 Å². The lowest BCUT2D eigenvalue weighted by molar-refractivity contribution is 0.00501. The molecule has 1 N–H and O–H groups in total. The van der Waals surface area contributed by atoms with Crippen molar-refractivity contribution in [2.45, 2.75) is 58.1 Å². The second kappa shape index (κ2) is 7.75. The molecule has 1 heterocycles. The van der Waals surface area contributed by atoms with Crippen molar-refractivity contribution in [3.63, 3.8) is 0 Å². The maximum atomic E-state index is 13.3. The van der Waals surface area contributed by atoms with Crippen molar-refractivity contribution in [2.75, 3.05) is 13.2 Å². The summed E-state index contributed by atoms with van der Waals surface area (Å²) in [4.78, 5) is 0. The van der Waals surface area contributed by atoms with Gasteiger partial charge in [-0.25, -0.2) is 4.39 Å². The molecule has 3 heteroatoms. The molecule has 0 saturated carbocycles. The number of aryl methyl sites for hydroxylation is 1. The topological polar surface area (TPSA) is 21.3 Å². The molecule has 0 bridgehead atoms. The first-order valence-electron chi connectivity index (χ1n) is 7.81. The third-order valence-electron chi connectivity index (χ3n) is 4.02. The maximum absolute atomic E-state index is 13.3. The molecule has 2 rings (SSSR count). The van der Waals surface area contributed by atoms with E-state index in [-0.39, 0.29) is 11.9 Å². The predicted octanol–water partition coefficient (Wildman–Crippen LogP) is 4.13. The second-order valence-corrected chi connectivity index (χ2v) is 5.73. The van der Waals surface area contributed by atoms with E-state index in [1.54, 1.807) is 12.1 Å². The molecule has 1 aliphatic rings. The van der Waals surface area contributed by atoms with Crippen LogP contribution in [0.3, 0.4) is 0 Å². The van der Waals surface area contributed by atoms with E-state index < -0.39 is 0 Å². The maximum Gasteiger partial charge on any atom is 0.123 e. The Morgan fingerprint density at radius 3 is 2.90 bits per heavy atom. The van der Waals surface area contributed by atoms with Gasteiger partial charge in [0, 0.05) is 12.6 Å². The van der Waals surface area contributed by atoms with Gasteiger partial charge in [0.15, 0.2) is 0 Å². The van der Waals surface area contributed by atoms with Crippen LogP contribution in [-0.4, -0.2) is 19.3 Å². The Morgan fingerprint density at radius 1 is 1.40 bits per heavy atom. The lowest BCUT2D eigenvalue weighted by Crippen LogP contribution is -2.29. The summed E-state index contributed by atoms with van der Waals surface area (Å²) in [6, 6.07) is 5.36. The quantitative estimate of drug-likeness (QED) is 0.845. The Hall–Kier alpha value is -0.930. The van der Waals surface area contributed by atoms with Crippen molar-refractivity contribution >= 4 is 0 Å². The first kappa shape index (κ1) is 15.5. The highest BCUT2D eigenvalue weighted by Gasteiger charge is 2.21. The summed E-state index contributed by atoms with van der Waals surface area (Å²) in [7, 11) is 0. The standard InChI is InChI=1S/C17H26FNO/c1-3-9-19-17(12-15-6-4-5-10-20-15)16-8-7-14(18)11-13(16)2/h7-8,11,15,17,19H,3-6,9-10,12H2,1-2H3. The molecule has 0 spiro atoms. The van der Waals surface area contributed by atoms with Gasteiger partial charge in [-0.1, -0.05) is 13.0 Å². The van der Waals surface area contributed by atoms with E-state index in [4.69, 9.17) is 4.74 Å². The summed E-state index contributed by atoms with van der Waals surface area (Å²) in [5.74, 6) is -0.158. The lowest BCUT2D eigenvalue weighted by atomic mass is 9.93. The molecule has 1 fully saturated rings. The van der Waals surface area contributed by atoms with Crippen LogP contribution in [0.25, 0.3) is 0 Å². The number of ether oxygens (including phenoxy) is 1. The average Bonchev–Trinajstić information content (AvgIpc) is 2.45. The second-order valence-electron chi connectivity index (χ2n) is 5.73. The summed E-state index contributed by atoms with van der Waals surface area (Å²) in [6.07, 6.45) is 5.99. The largest absolute Gasteiger partial charge is 0.378 e. The summed E-state index contributed by atoms with van der Waals surface area (Å²) in [6.45, 7) is 6.02. The molecule has 0 aliphatic carbocycles. The molecular weight excluding hydrogens is 253 g/mol. The van der Waals surface area contributed by atoms with Gasteiger partial charge in [0.05, 0.1) is 6.10 Å². The van der Waals surface area contributed by atoms with Crippen LogP contribution in [0.2, 0.25) is 0 Å². The molecule has 0 amide bonds. The van der Waals surface area contributed by atoms with Crippen molar-refractivity contribution in [3.8, 4) is 0 Å². The van der Waals surface area contributed by atoms with Gasteiger partial charge in [0.25, 0.3) is 0 Å². The summed E-state index contributed by atoms with van der Waals surface area (Å²) >= 11 is 0. The Kier molecular flexibility index (Phi) is 5.99. The zero-order valence-corrected chi connectivity index (χ0v) is 12.6. The minimum Gasteiger partial charge on any atom is -0.378 e. The van der Waals surface area contributed by atoms with Gasteiger partial charge in [0.1, 0.15) is 5.82 Å². The number of rotatable bonds is 6. The Bertz CT molecular complexity index is 415. The number of hydrogen-bond acceptors (Lipinski definition) is 2. The minimum atomic E-state index is -0.158. The zero-order valence-electron chi connectivity index (χ0n) is 12.6. The fourth-order valence-corrected chi connectivity index (χ4v) is 2.93. The van der Waals surface area contributed by atoms with Gasteiger partial charge in [-0.2, -0.15) is 0 Å². The lowest BCUT2D eigenvalue weighted by Gasteiger charge is -2.28. The average molecular weight is 279 g/mol. The molecular formula is C17H26FNO. The highest BCUT2D eigenvalue weighted by molar-refractivity contribution is 5.29. The van der Waals surface area contributed by atoms with Crippen LogP contribution in [0.1, 0.15) is 56.2 Å². The Balaban J connectivity index is 2.08. The van der Waals surface area contributed by atoms with Crippen molar-refractivity contribution in [1.82, 2.24) is 5.32 Å². The molecule has 2 nitrogen and oxygen atoms in total. The highest BCUT2D eigenvalue weighted by Crippen LogP contribution is 2.27. The third-order valence-corrected chi connectivity index (χ3v) is 4.02.